The van der Waals surface area contributed by atoms with E-state index in [1.807, 2.05) is 0 Å². The minimum atomic E-state index is 0.469. The van der Waals surface area contributed by atoms with Crippen molar-refractivity contribution in [3.05, 3.63) is 0 Å². The van der Waals surface area contributed by atoms with Crippen LogP contribution in [0.25, 0.3) is 0 Å². The van der Waals surface area contributed by atoms with Gasteiger partial charge in [-0.3, -0.25) is 4.90 Å². The van der Waals surface area contributed by atoms with E-state index in [0.717, 1.165) is 17.9 Å². The largest absolute Gasteiger partial charge is 0.328 e. The molecule has 0 amide bonds. The molecule has 1 aliphatic carbocycles. The minimum absolute atomic E-state index is 0.469. The summed E-state index contributed by atoms with van der Waals surface area (Å²) in [6, 6.07) is 1.26. The summed E-state index contributed by atoms with van der Waals surface area (Å²) >= 11 is 0. The van der Waals surface area contributed by atoms with Gasteiger partial charge in [0.2, 0.25) is 0 Å². The maximum Gasteiger partial charge on any atom is 0.00966 e. The van der Waals surface area contributed by atoms with Crippen LogP contribution in [0.4, 0.5) is 0 Å². The lowest BCUT2D eigenvalue weighted by Gasteiger charge is -2.38. The van der Waals surface area contributed by atoms with Crippen LogP contribution in [0, 0.1) is 11.8 Å². The molecule has 0 unspecified atom stereocenters. The second kappa shape index (κ2) is 6.61. The summed E-state index contributed by atoms with van der Waals surface area (Å²) in [5.41, 5.74) is 5.98. The van der Waals surface area contributed by atoms with E-state index in [-0.39, 0.29) is 0 Å². The Kier molecular flexibility index (Phi) is 5.77. The van der Waals surface area contributed by atoms with Gasteiger partial charge in [0.1, 0.15) is 0 Å². The maximum atomic E-state index is 5.98. The molecule has 2 nitrogen and oxygen atoms in total. The summed E-state index contributed by atoms with van der Waals surface area (Å²) < 4.78 is 0. The number of hydrogen-bond acceptors (Lipinski definition) is 2. The second-order valence-electron chi connectivity index (χ2n) is 6.31. The van der Waals surface area contributed by atoms with Crippen LogP contribution in [0.15, 0.2) is 0 Å². The van der Waals surface area contributed by atoms with Gasteiger partial charge in [0, 0.05) is 25.2 Å². The molecule has 0 aliphatic heterocycles. The molecule has 0 heterocycles. The van der Waals surface area contributed by atoms with Crippen LogP contribution < -0.4 is 5.73 Å². The first kappa shape index (κ1) is 14.0. The van der Waals surface area contributed by atoms with Gasteiger partial charge >= 0.3 is 0 Å². The Morgan fingerprint density at radius 1 is 0.938 bits per heavy atom. The second-order valence-corrected chi connectivity index (χ2v) is 6.31. The summed E-state index contributed by atoms with van der Waals surface area (Å²) in [6.45, 7) is 11.8. The zero-order valence-electron chi connectivity index (χ0n) is 11.6. The van der Waals surface area contributed by atoms with Gasteiger partial charge in [-0.05, 0) is 37.5 Å². The predicted molar refractivity (Wildman–Crippen MR) is 71.5 cm³/mol. The molecule has 1 aliphatic rings. The van der Waals surface area contributed by atoms with E-state index in [4.69, 9.17) is 5.73 Å². The smallest absolute Gasteiger partial charge is 0.00966 e. The van der Waals surface area contributed by atoms with E-state index in [1.165, 1.54) is 38.8 Å². The third kappa shape index (κ3) is 4.84. The van der Waals surface area contributed by atoms with Crippen LogP contribution in [0.1, 0.15) is 53.4 Å². The first-order valence-electron chi connectivity index (χ1n) is 6.98. The highest BCUT2D eigenvalue weighted by molar-refractivity contribution is 4.82. The van der Waals surface area contributed by atoms with Crippen molar-refractivity contribution >= 4 is 0 Å². The molecule has 0 aromatic carbocycles. The van der Waals surface area contributed by atoms with Gasteiger partial charge in [0.25, 0.3) is 0 Å². The molecule has 0 radical (unpaired) electrons. The fourth-order valence-corrected chi connectivity index (χ4v) is 2.78. The van der Waals surface area contributed by atoms with E-state index >= 15 is 0 Å². The Hall–Kier alpha value is -0.0800. The third-order valence-electron chi connectivity index (χ3n) is 3.46. The van der Waals surface area contributed by atoms with E-state index in [9.17, 15) is 0 Å². The molecule has 1 saturated carbocycles. The van der Waals surface area contributed by atoms with Gasteiger partial charge in [0.15, 0.2) is 0 Å². The number of nitrogens with two attached hydrogens (primary N) is 1. The standard InChI is InChI=1S/C14H30N2/c1-11(2)9-16(10-12(3)4)14-7-5-13(15)6-8-14/h11-14H,5-10,15H2,1-4H3. The third-order valence-corrected chi connectivity index (χ3v) is 3.46. The highest BCUT2D eigenvalue weighted by Crippen LogP contribution is 2.23. The highest BCUT2D eigenvalue weighted by Gasteiger charge is 2.24. The quantitative estimate of drug-likeness (QED) is 0.781. The molecule has 1 rings (SSSR count). The Bertz CT molecular complexity index is 171. The van der Waals surface area contributed by atoms with E-state index in [2.05, 4.69) is 32.6 Å². The fraction of sp³-hybridized carbons (Fsp3) is 1.00. The Morgan fingerprint density at radius 2 is 1.38 bits per heavy atom. The summed E-state index contributed by atoms with van der Waals surface area (Å²) in [7, 11) is 0. The van der Waals surface area contributed by atoms with Crippen molar-refractivity contribution in [2.75, 3.05) is 13.1 Å². The summed E-state index contributed by atoms with van der Waals surface area (Å²) in [4.78, 5) is 2.71. The zero-order chi connectivity index (χ0) is 12.1. The van der Waals surface area contributed by atoms with Gasteiger partial charge in [-0.25, -0.2) is 0 Å². The topological polar surface area (TPSA) is 29.3 Å². The van der Waals surface area contributed by atoms with Gasteiger partial charge in [-0.2, -0.15) is 0 Å². The van der Waals surface area contributed by atoms with Crippen molar-refractivity contribution in [3.8, 4) is 0 Å². The van der Waals surface area contributed by atoms with Crippen molar-refractivity contribution in [1.29, 1.82) is 0 Å². The van der Waals surface area contributed by atoms with Crippen molar-refractivity contribution < 1.29 is 0 Å². The lowest BCUT2D eigenvalue weighted by atomic mass is 9.90. The summed E-state index contributed by atoms with van der Waals surface area (Å²) in [6.07, 6.45) is 5.05. The van der Waals surface area contributed by atoms with Crippen LogP contribution in [-0.4, -0.2) is 30.1 Å². The molecule has 0 spiro atoms. The average molecular weight is 226 g/mol. The van der Waals surface area contributed by atoms with Crippen molar-refractivity contribution in [3.63, 3.8) is 0 Å². The van der Waals surface area contributed by atoms with Crippen molar-refractivity contribution in [2.24, 2.45) is 17.6 Å². The normalized spacial score (nSPS) is 27.0. The van der Waals surface area contributed by atoms with E-state index in [1.54, 1.807) is 0 Å². The van der Waals surface area contributed by atoms with Gasteiger partial charge in [-0.15, -0.1) is 0 Å². The zero-order valence-corrected chi connectivity index (χ0v) is 11.6. The SMILES string of the molecule is CC(C)CN(CC(C)C)C1CCC(N)CC1. The van der Waals surface area contributed by atoms with Gasteiger partial charge in [-0.1, -0.05) is 27.7 Å². The maximum absolute atomic E-state index is 5.98. The average Bonchev–Trinajstić information content (AvgIpc) is 2.16. The molecule has 0 bridgehead atoms. The monoisotopic (exact) mass is 226 g/mol. The van der Waals surface area contributed by atoms with E-state index < -0.39 is 0 Å². The molecule has 16 heavy (non-hydrogen) atoms. The molecular weight excluding hydrogens is 196 g/mol. The molecule has 1 fully saturated rings. The molecule has 2 N–H and O–H groups in total. The van der Waals surface area contributed by atoms with Crippen LogP contribution in [0.2, 0.25) is 0 Å². The molecule has 0 saturated heterocycles. The van der Waals surface area contributed by atoms with Gasteiger partial charge in [0.05, 0.1) is 0 Å². The molecule has 0 aromatic rings. The molecule has 0 atom stereocenters. The minimum Gasteiger partial charge on any atom is -0.328 e. The van der Waals surface area contributed by atoms with Crippen molar-refractivity contribution in [1.82, 2.24) is 4.90 Å². The Balaban J connectivity index is 2.47. The molecular formula is C14H30N2. The molecule has 96 valence electrons. The number of rotatable bonds is 5. The molecule has 0 aromatic heterocycles. The van der Waals surface area contributed by atoms with Crippen LogP contribution >= 0.6 is 0 Å². The van der Waals surface area contributed by atoms with Gasteiger partial charge < -0.3 is 5.73 Å². The van der Waals surface area contributed by atoms with Crippen LogP contribution in [0.5, 0.6) is 0 Å². The first-order chi connectivity index (χ1) is 7.49. The first-order valence-corrected chi connectivity index (χ1v) is 6.98. The lowest BCUT2D eigenvalue weighted by molar-refractivity contribution is 0.120. The highest BCUT2D eigenvalue weighted by atomic mass is 15.2. The van der Waals surface area contributed by atoms with Crippen LogP contribution in [0.3, 0.4) is 0 Å². The van der Waals surface area contributed by atoms with Crippen molar-refractivity contribution in [2.45, 2.75) is 65.5 Å². The van der Waals surface area contributed by atoms with E-state index in [0.29, 0.717) is 6.04 Å². The summed E-state index contributed by atoms with van der Waals surface area (Å²) in [5, 5.41) is 0. The summed E-state index contributed by atoms with van der Waals surface area (Å²) in [5.74, 6) is 1.55. The predicted octanol–water partition coefficient (Wildman–Crippen LogP) is 2.87. The van der Waals surface area contributed by atoms with Crippen LogP contribution in [-0.2, 0) is 0 Å². The number of nitrogens with zero attached hydrogens (tertiary/aromatic N) is 1. The Labute approximate surface area is 102 Å². The Morgan fingerprint density at radius 3 is 1.75 bits per heavy atom. The molecule has 2 heteroatoms. The fourth-order valence-electron chi connectivity index (χ4n) is 2.78. The lowest BCUT2D eigenvalue weighted by Crippen LogP contribution is -2.44. The number of hydrogen-bond donors (Lipinski definition) is 1.